The van der Waals surface area contributed by atoms with Gasteiger partial charge in [0.15, 0.2) is 0 Å². The lowest BCUT2D eigenvalue weighted by molar-refractivity contribution is 0.0691. The number of hydrogen-bond donors (Lipinski definition) is 2. The van der Waals surface area contributed by atoms with Crippen LogP contribution in [0.4, 0.5) is 4.39 Å². The highest BCUT2D eigenvalue weighted by atomic mass is 19.1. The average Bonchev–Trinajstić information content (AvgIpc) is 2.70. The maximum absolute atomic E-state index is 13.6. The fourth-order valence-corrected chi connectivity index (χ4v) is 2.85. The Morgan fingerprint density at radius 2 is 2.26 bits per heavy atom. The van der Waals surface area contributed by atoms with Gasteiger partial charge in [0, 0.05) is 12.6 Å². The Kier molecular flexibility index (Phi) is 3.87. The number of carbonyl (C=O) groups is 1. The number of carboxylic acids is 1. The van der Waals surface area contributed by atoms with Crippen LogP contribution in [-0.4, -0.2) is 36.1 Å². The first kappa shape index (κ1) is 14.0. The minimum atomic E-state index is -1.23. The van der Waals surface area contributed by atoms with Gasteiger partial charge >= 0.3 is 5.97 Å². The van der Waals surface area contributed by atoms with Crippen LogP contribution >= 0.6 is 0 Å². The Labute approximate surface area is 112 Å². The number of rotatable bonds is 3. The van der Waals surface area contributed by atoms with E-state index in [9.17, 15) is 9.18 Å². The molecule has 5 heteroatoms. The molecular formula is C14H19FN2O2. The molecule has 0 spiro atoms. The van der Waals surface area contributed by atoms with E-state index in [2.05, 4.69) is 4.90 Å². The second-order valence-electron chi connectivity index (χ2n) is 5.29. The van der Waals surface area contributed by atoms with Gasteiger partial charge in [-0.3, -0.25) is 4.90 Å². The lowest BCUT2D eigenvalue weighted by Gasteiger charge is -2.22. The minimum Gasteiger partial charge on any atom is -0.478 e. The van der Waals surface area contributed by atoms with E-state index in [1.165, 1.54) is 12.1 Å². The Morgan fingerprint density at radius 3 is 2.79 bits per heavy atom. The summed E-state index contributed by atoms with van der Waals surface area (Å²) in [6.45, 7) is 3.32. The van der Waals surface area contributed by atoms with Crippen LogP contribution in [0.2, 0.25) is 0 Å². The second-order valence-corrected chi connectivity index (χ2v) is 5.29. The number of benzene rings is 1. The van der Waals surface area contributed by atoms with Gasteiger partial charge in [-0.15, -0.1) is 0 Å². The van der Waals surface area contributed by atoms with E-state index >= 15 is 0 Å². The van der Waals surface area contributed by atoms with Crippen LogP contribution in [0, 0.1) is 18.7 Å². The van der Waals surface area contributed by atoms with E-state index in [-0.39, 0.29) is 11.6 Å². The van der Waals surface area contributed by atoms with E-state index < -0.39 is 11.8 Å². The van der Waals surface area contributed by atoms with Crippen molar-refractivity contribution in [2.45, 2.75) is 19.4 Å². The molecule has 3 N–H and O–H groups in total. The maximum atomic E-state index is 13.6. The van der Waals surface area contributed by atoms with Crippen molar-refractivity contribution < 1.29 is 14.3 Å². The molecule has 1 aromatic rings. The second kappa shape index (κ2) is 5.27. The monoisotopic (exact) mass is 266 g/mol. The van der Waals surface area contributed by atoms with Crippen LogP contribution in [0.15, 0.2) is 12.1 Å². The highest BCUT2D eigenvalue weighted by molar-refractivity contribution is 5.88. The van der Waals surface area contributed by atoms with Crippen molar-refractivity contribution in [1.29, 1.82) is 0 Å². The molecular weight excluding hydrogens is 247 g/mol. The number of likely N-dealkylation sites (tertiary alicyclic amines) is 1. The fraction of sp³-hybridized carbons (Fsp3) is 0.500. The lowest BCUT2D eigenvalue weighted by Crippen LogP contribution is -2.21. The molecule has 4 nitrogen and oxygen atoms in total. The topological polar surface area (TPSA) is 66.6 Å². The van der Waals surface area contributed by atoms with E-state index in [4.69, 9.17) is 10.8 Å². The zero-order chi connectivity index (χ0) is 14.2. The van der Waals surface area contributed by atoms with Crippen molar-refractivity contribution in [2.24, 2.45) is 11.7 Å². The van der Waals surface area contributed by atoms with E-state index in [0.29, 0.717) is 12.5 Å². The molecule has 2 unspecified atom stereocenters. The van der Waals surface area contributed by atoms with Crippen molar-refractivity contribution in [3.8, 4) is 0 Å². The van der Waals surface area contributed by atoms with Crippen LogP contribution in [0.1, 0.15) is 33.9 Å². The average molecular weight is 266 g/mol. The Hall–Kier alpha value is -1.46. The van der Waals surface area contributed by atoms with Crippen molar-refractivity contribution in [3.05, 3.63) is 34.6 Å². The zero-order valence-corrected chi connectivity index (χ0v) is 11.2. The maximum Gasteiger partial charge on any atom is 0.338 e. The first-order chi connectivity index (χ1) is 8.93. The molecule has 1 aliphatic heterocycles. The van der Waals surface area contributed by atoms with Crippen molar-refractivity contribution in [3.63, 3.8) is 0 Å². The summed E-state index contributed by atoms with van der Waals surface area (Å²) in [7, 11) is 1.99. The van der Waals surface area contributed by atoms with Crippen molar-refractivity contribution >= 4 is 5.97 Å². The number of nitrogens with two attached hydrogens (primary N) is 1. The molecule has 0 aliphatic carbocycles. The predicted octanol–water partition coefficient (Wildman–Crippen LogP) is 1.78. The third-order valence-electron chi connectivity index (χ3n) is 3.91. The molecule has 104 valence electrons. The molecule has 1 saturated heterocycles. The van der Waals surface area contributed by atoms with Gasteiger partial charge in [0.1, 0.15) is 5.82 Å². The van der Waals surface area contributed by atoms with E-state index in [1.807, 2.05) is 14.0 Å². The lowest BCUT2D eigenvalue weighted by atomic mass is 9.94. The van der Waals surface area contributed by atoms with Crippen LogP contribution in [0.3, 0.4) is 0 Å². The Bertz CT molecular complexity index is 504. The number of carboxylic acid groups (broad SMARTS) is 1. The molecule has 0 radical (unpaired) electrons. The summed E-state index contributed by atoms with van der Waals surface area (Å²) in [4.78, 5) is 13.2. The van der Waals surface area contributed by atoms with Crippen LogP contribution in [-0.2, 0) is 0 Å². The fourth-order valence-electron chi connectivity index (χ4n) is 2.85. The largest absolute Gasteiger partial charge is 0.478 e. The molecule has 1 aromatic carbocycles. The van der Waals surface area contributed by atoms with Crippen molar-refractivity contribution in [1.82, 2.24) is 4.90 Å². The summed E-state index contributed by atoms with van der Waals surface area (Å²) >= 11 is 0. The van der Waals surface area contributed by atoms with Crippen molar-refractivity contribution in [2.75, 3.05) is 20.1 Å². The molecule has 0 amide bonds. The normalized spacial score (nSPS) is 23.8. The quantitative estimate of drug-likeness (QED) is 0.875. The number of aryl methyl sites for hydroxylation is 1. The summed E-state index contributed by atoms with van der Waals surface area (Å²) in [6.07, 6.45) is 0.887. The van der Waals surface area contributed by atoms with Gasteiger partial charge in [0.25, 0.3) is 0 Å². The molecule has 19 heavy (non-hydrogen) atoms. The number of halogens is 1. The third-order valence-corrected chi connectivity index (χ3v) is 3.91. The molecule has 0 saturated carbocycles. The van der Waals surface area contributed by atoms with E-state index in [1.54, 1.807) is 0 Å². The number of nitrogens with zero attached hydrogens (tertiary/aromatic N) is 1. The van der Waals surface area contributed by atoms with Crippen LogP contribution < -0.4 is 5.73 Å². The van der Waals surface area contributed by atoms with Crippen LogP contribution in [0.25, 0.3) is 0 Å². The summed E-state index contributed by atoms with van der Waals surface area (Å²) in [5, 5.41) is 9.01. The molecule has 2 atom stereocenters. The van der Waals surface area contributed by atoms with Gasteiger partial charge in [-0.2, -0.15) is 0 Å². The summed E-state index contributed by atoms with van der Waals surface area (Å²) in [5.41, 5.74) is 7.11. The Balaban J connectivity index is 2.39. The van der Waals surface area contributed by atoms with Gasteiger partial charge < -0.3 is 10.8 Å². The first-order valence-electron chi connectivity index (χ1n) is 6.37. The SMILES string of the molecule is Cc1cc(F)c(C(=O)O)cc1C1CC(CN)CN1C. The van der Waals surface area contributed by atoms with Gasteiger partial charge in [-0.25, -0.2) is 9.18 Å². The molecule has 1 fully saturated rings. The van der Waals surface area contributed by atoms with Gasteiger partial charge in [-0.05, 0) is 56.1 Å². The third kappa shape index (κ3) is 2.62. The standard InChI is InChI=1S/C14H19FN2O2/c1-8-3-12(15)11(14(18)19)5-10(8)13-4-9(6-16)7-17(13)2/h3,5,9,13H,4,6-7,16H2,1-2H3,(H,18,19). The van der Waals surface area contributed by atoms with Gasteiger partial charge in [0.2, 0.25) is 0 Å². The highest BCUT2D eigenvalue weighted by Gasteiger charge is 2.31. The summed E-state index contributed by atoms with van der Waals surface area (Å²) in [6, 6.07) is 2.89. The predicted molar refractivity (Wildman–Crippen MR) is 70.6 cm³/mol. The smallest absolute Gasteiger partial charge is 0.338 e. The molecule has 1 heterocycles. The van der Waals surface area contributed by atoms with E-state index in [0.717, 1.165) is 24.1 Å². The highest BCUT2D eigenvalue weighted by Crippen LogP contribution is 2.36. The Morgan fingerprint density at radius 1 is 1.58 bits per heavy atom. The summed E-state index contributed by atoms with van der Waals surface area (Å²) < 4.78 is 13.6. The molecule has 1 aliphatic rings. The summed E-state index contributed by atoms with van der Waals surface area (Å²) in [5.74, 6) is -1.49. The molecule has 2 rings (SSSR count). The van der Waals surface area contributed by atoms with Gasteiger partial charge in [-0.1, -0.05) is 0 Å². The first-order valence-corrected chi connectivity index (χ1v) is 6.37. The molecule has 0 aromatic heterocycles. The van der Waals surface area contributed by atoms with Crippen LogP contribution in [0.5, 0.6) is 0 Å². The zero-order valence-electron chi connectivity index (χ0n) is 11.2. The molecule has 0 bridgehead atoms. The number of hydrogen-bond acceptors (Lipinski definition) is 3. The van der Waals surface area contributed by atoms with Gasteiger partial charge in [0.05, 0.1) is 5.56 Å². The minimum absolute atomic E-state index is 0.118. The number of aromatic carboxylic acids is 1.